The van der Waals surface area contributed by atoms with Gasteiger partial charge in [-0.05, 0) is 58.1 Å². The molecule has 0 bridgehead atoms. The van der Waals surface area contributed by atoms with Gasteiger partial charge in [0.15, 0.2) is 0 Å². The Balaban J connectivity index is 2.25. The lowest BCUT2D eigenvalue weighted by Gasteiger charge is -2.18. The molecular formula is C15H16BrClN2. The van der Waals surface area contributed by atoms with Crippen molar-refractivity contribution in [3.63, 3.8) is 0 Å². The molecule has 3 N–H and O–H groups in total. The Morgan fingerprint density at radius 2 is 2.00 bits per heavy atom. The summed E-state index contributed by atoms with van der Waals surface area (Å²) < 4.78 is 0.893. The van der Waals surface area contributed by atoms with Crippen molar-refractivity contribution in [1.82, 2.24) is 5.43 Å². The number of benzene rings is 2. The predicted molar refractivity (Wildman–Crippen MR) is 84.1 cm³/mol. The summed E-state index contributed by atoms with van der Waals surface area (Å²) in [4.78, 5) is 0. The van der Waals surface area contributed by atoms with Gasteiger partial charge in [-0.3, -0.25) is 11.3 Å². The van der Waals surface area contributed by atoms with Crippen LogP contribution < -0.4 is 11.3 Å². The highest BCUT2D eigenvalue weighted by atomic mass is 79.9. The highest BCUT2D eigenvalue weighted by molar-refractivity contribution is 9.10. The minimum absolute atomic E-state index is 0.0479. The van der Waals surface area contributed by atoms with Gasteiger partial charge in [0.05, 0.1) is 11.1 Å². The zero-order valence-electron chi connectivity index (χ0n) is 10.7. The molecule has 4 heteroatoms. The van der Waals surface area contributed by atoms with Crippen LogP contribution in [-0.2, 0) is 6.42 Å². The van der Waals surface area contributed by atoms with E-state index in [9.17, 15) is 0 Å². The van der Waals surface area contributed by atoms with Crippen molar-refractivity contribution in [2.24, 2.45) is 5.84 Å². The number of aryl methyl sites for hydroxylation is 1. The molecule has 0 saturated carbocycles. The molecule has 0 aromatic heterocycles. The predicted octanol–water partition coefficient (Wildman–Crippen LogP) is 4.16. The lowest BCUT2D eigenvalue weighted by Crippen LogP contribution is -2.29. The Kier molecular flexibility index (Phi) is 4.99. The Bertz CT molecular complexity index is 572. The molecule has 2 aromatic carbocycles. The second kappa shape index (κ2) is 6.53. The number of rotatable bonds is 4. The number of halogens is 2. The van der Waals surface area contributed by atoms with E-state index in [1.54, 1.807) is 0 Å². The van der Waals surface area contributed by atoms with Gasteiger partial charge in [-0.2, -0.15) is 0 Å². The van der Waals surface area contributed by atoms with Crippen LogP contribution in [-0.4, -0.2) is 0 Å². The molecule has 1 atom stereocenters. The first-order chi connectivity index (χ1) is 9.11. The molecule has 1 unspecified atom stereocenters. The summed E-state index contributed by atoms with van der Waals surface area (Å²) in [5.74, 6) is 5.69. The number of hydrogen-bond acceptors (Lipinski definition) is 2. The van der Waals surface area contributed by atoms with Gasteiger partial charge < -0.3 is 0 Å². The van der Waals surface area contributed by atoms with E-state index in [2.05, 4.69) is 40.4 Å². The summed E-state index contributed by atoms with van der Waals surface area (Å²) in [6, 6.07) is 14.3. The molecule has 0 spiro atoms. The molecule has 19 heavy (non-hydrogen) atoms. The molecule has 2 nitrogen and oxygen atoms in total. The second-order valence-corrected chi connectivity index (χ2v) is 5.78. The standard InChI is InChI=1S/C15H16BrClN2/c1-10-4-2-3-5-11(10)9-15(19-18)12-6-7-13(16)14(17)8-12/h2-8,15,19H,9,18H2,1H3. The first-order valence-corrected chi connectivity index (χ1v) is 7.24. The van der Waals surface area contributed by atoms with Crippen LogP contribution in [0.4, 0.5) is 0 Å². The molecule has 0 aliphatic rings. The van der Waals surface area contributed by atoms with E-state index in [1.807, 2.05) is 30.3 Å². The lowest BCUT2D eigenvalue weighted by atomic mass is 9.96. The summed E-state index contributed by atoms with van der Waals surface area (Å²) >= 11 is 9.53. The molecule has 0 aliphatic carbocycles. The number of hydrogen-bond donors (Lipinski definition) is 2. The van der Waals surface area contributed by atoms with Crippen LogP contribution in [0.2, 0.25) is 5.02 Å². The van der Waals surface area contributed by atoms with Gasteiger partial charge in [0.25, 0.3) is 0 Å². The summed E-state index contributed by atoms with van der Waals surface area (Å²) in [5, 5.41) is 0.697. The molecular weight excluding hydrogens is 324 g/mol. The molecule has 0 saturated heterocycles. The topological polar surface area (TPSA) is 38.0 Å². The monoisotopic (exact) mass is 338 g/mol. The van der Waals surface area contributed by atoms with Crippen LogP contribution in [0.15, 0.2) is 46.9 Å². The van der Waals surface area contributed by atoms with E-state index >= 15 is 0 Å². The first kappa shape index (κ1) is 14.5. The first-order valence-electron chi connectivity index (χ1n) is 6.07. The van der Waals surface area contributed by atoms with Gasteiger partial charge in [0.1, 0.15) is 0 Å². The van der Waals surface area contributed by atoms with E-state index in [0.29, 0.717) is 5.02 Å². The normalized spacial score (nSPS) is 12.4. The average Bonchev–Trinajstić information content (AvgIpc) is 2.41. The summed E-state index contributed by atoms with van der Waals surface area (Å²) in [6.07, 6.45) is 0.834. The van der Waals surface area contributed by atoms with Crippen molar-refractivity contribution in [1.29, 1.82) is 0 Å². The van der Waals surface area contributed by atoms with E-state index in [1.165, 1.54) is 11.1 Å². The third-order valence-corrected chi connectivity index (χ3v) is 4.46. The van der Waals surface area contributed by atoms with Crippen LogP contribution in [0.1, 0.15) is 22.7 Å². The number of hydrazine groups is 1. The third kappa shape index (κ3) is 3.57. The molecule has 0 fully saturated rings. The molecule has 0 amide bonds. The highest BCUT2D eigenvalue weighted by Crippen LogP contribution is 2.27. The minimum atomic E-state index is 0.0479. The van der Waals surface area contributed by atoms with Crippen molar-refractivity contribution in [3.8, 4) is 0 Å². The third-order valence-electron chi connectivity index (χ3n) is 3.23. The van der Waals surface area contributed by atoms with Crippen molar-refractivity contribution in [2.75, 3.05) is 0 Å². The van der Waals surface area contributed by atoms with Crippen molar-refractivity contribution < 1.29 is 0 Å². The summed E-state index contributed by atoms with van der Waals surface area (Å²) in [6.45, 7) is 2.11. The average molecular weight is 340 g/mol. The lowest BCUT2D eigenvalue weighted by molar-refractivity contribution is 0.551. The zero-order chi connectivity index (χ0) is 13.8. The minimum Gasteiger partial charge on any atom is -0.271 e. The number of nitrogens with one attached hydrogen (secondary N) is 1. The molecule has 0 heterocycles. The molecule has 2 aromatic rings. The SMILES string of the molecule is Cc1ccccc1CC(NN)c1ccc(Br)c(Cl)c1. The van der Waals surface area contributed by atoms with E-state index in [-0.39, 0.29) is 6.04 Å². The van der Waals surface area contributed by atoms with Gasteiger partial charge >= 0.3 is 0 Å². The van der Waals surface area contributed by atoms with Gasteiger partial charge in [-0.1, -0.05) is 41.9 Å². The Morgan fingerprint density at radius 3 is 2.63 bits per heavy atom. The number of nitrogens with two attached hydrogens (primary N) is 1. The van der Waals surface area contributed by atoms with Crippen LogP contribution in [0.25, 0.3) is 0 Å². The maximum absolute atomic E-state index is 6.13. The van der Waals surface area contributed by atoms with E-state index < -0.39 is 0 Å². The molecule has 100 valence electrons. The summed E-state index contributed by atoms with van der Waals surface area (Å²) in [7, 11) is 0. The maximum atomic E-state index is 6.13. The molecule has 2 rings (SSSR count). The van der Waals surface area contributed by atoms with E-state index in [4.69, 9.17) is 17.4 Å². The maximum Gasteiger partial charge on any atom is 0.0551 e. The molecule has 0 aliphatic heterocycles. The Morgan fingerprint density at radius 1 is 1.26 bits per heavy atom. The van der Waals surface area contributed by atoms with Gasteiger partial charge in [0.2, 0.25) is 0 Å². The fourth-order valence-corrected chi connectivity index (χ4v) is 2.50. The van der Waals surface area contributed by atoms with E-state index in [0.717, 1.165) is 16.5 Å². The van der Waals surface area contributed by atoms with Crippen molar-refractivity contribution in [3.05, 3.63) is 68.7 Å². The van der Waals surface area contributed by atoms with Crippen molar-refractivity contribution in [2.45, 2.75) is 19.4 Å². The fourth-order valence-electron chi connectivity index (χ4n) is 2.06. The highest BCUT2D eigenvalue weighted by Gasteiger charge is 2.13. The van der Waals surface area contributed by atoms with Crippen LogP contribution in [0.5, 0.6) is 0 Å². The van der Waals surface area contributed by atoms with Gasteiger partial charge in [-0.15, -0.1) is 0 Å². The Hall–Kier alpha value is -0.870. The zero-order valence-corrected chi connectivity index (χ0v) is 13.0. The quantitative estimate of drug-likeness (QED) is 0.648. The summed E-state index contributed by atoms with van der Waals surface area (Å²) in [5.41, 5.74) is 6.50. The van der Waals surface area contributed by atoms with Crippen LogP contribution >= 0.6 is 27.5 Å². The van der Waals surface area contributed by atoms with Gasteiger partial charge in [-0.25, -0.2) is 0 Å². The van der Waals surface area contributed by atoms with Crippen molar-refractivity contribution >= 4 is 27.5 Å². The largest absolute Gasteiger partial charge is 0.271 e. The fraction of sp³-hybridized carbons (Fsp3) is 0.200. The smallest absolute Gasteiger partial charge is 0.0551 e. The van der Waals surface area contributed by atoms with Gasteiger partial charge in [0, 0.05) is 4.47 Å². The Labute approximate surface area is 127 Å². The second-order valence-electron chi connectivity index (χ2n) is 4.52. The van der Waals surface area contributed by atoms with Crippen LogP contribution in [0, 0.1) is 6.92 Å². The van der Waals surface area contributed by atoms with Crippen LogP contribution in [0.3, 0.4) is 0 Å². The molecule has 0 radical (unpaired) electrons.